The molecule has 0 bridgehead atoms. The molecule has 1 aliphatic heterocycles. The number of hydrogen-bond donors (Lipinski definition) is 2. The second kappa shape index (κ2) is 7.11. The van der Waals surface area contributed by atoms with Crippen molar-refractivity contribution >= 4 is 15.9 Å². The summed E-state index contributed by atoms with van der Waals surface area (Å²) in [5, 5.41) is 0. The highest BCUT2D eigenvalue weighted by Gasteiger charge is 2.28. The Morgan fingerprint density at radius 1 is 1.43 bits per heavy atom. The minimum Gasteiger partial charge on any atom is -0.492 e. The largest absolute Gasteiger partial charge is 0.492 e. The Hall–Kier alpha value is -1.31. The maximum atomic E-state index is 12.2. The van der Waals surface area contributed by atoms with Crippen LogP contribution >= 0.6 is 0 Å². The fourth-order valence-corrected chi connectivity index (χ4v) is 3.91. The van der Waals surface area contributed by atoms with Crippen LogP contribution in [0.1, 0.15) is 26.2 Å². The summed E-state index contributed by atoms with van der Waals surface area (Å²) in [6.45, 7) is 3.04. The van der Waals surface area contributed by atoms with E-state index in [2.05, 4.69) is 4.72 Å². The summed E-state index contributed by atoms with van der Waals surface area (Å²) < 4.78 is 34.0. The van der Waals surface area contributed by atoms with Gasteiger partial charge in [-0.25, -0.2) is 0 Å². The first-order chi connectivity index (χ1) is 9.99. The van der Waals surface area contributed by atoms with Crippen LogP contribution in [0.5, 0.6) is 5.75 Å². The topological polar surface area (TPSA) is 84.7 Å². The van der Waals surface area contributed by atoms with E-state index in [1.165, 1.54) is 4.31 Å². The van der Waals surface area contributed by atoms with Crippen molar-refractivity contribution in [2.45, 2.75) is 32.2 Å². The molecule has 1 fully saturated rings. The smallest absolute Gasteiger partial charge is 0.279 e. The van der Waals surface area contributed by atoms with Crippen molar-refractivity contribution in [1.29, 1.82) is 0 Å². The van der Waals surface area contributed by atoms with Crippen LogP contribution in [0.2, 0.25) is 0 Å². The van der Waals surface area contributed by atoms with Gasteiger partial charge in [0.1, 0.15) is 12.4 Å². The lowest BCUT2D eigenvalue weighted by Crippen LogP contribution is -2.48. The summed E-state index contributed by atoms with van der Waals surface area (Å²) in [5.74, 6) is 0.639. The molecule has 1 unspecified atom stereocenters. The maximum absolute atomic E-state index is 12.2. The van der Waals surface area contributed by atoms with Gasteiger partial charge in [-0.3, -0.25) is 0 Å². The SMILES string of the molecule is CC1CCCCN1S(=O)(=O)NCCOc1cccc(N)c1. The summed E-state index contributed by atoms with van der Waals surface area (Å²) in [6, 6.07) is 7.13. The average molecular weight is 313 g/mol. The molecule has 7 heteroatoms. The highest BCUT2D eigenvalue weighted by Crippen LogP contribution is 2.19. The summed E-state index contributed by atoms with van der Waals surface area (Å²) in [6.07, 6.45) is 2.93. The molecule has 0 aromatic heterocycles. The number of benzene rings is 1. The Kier molecular flexibility index (Phi) is 5.44. The van der Waals surface area contributed by atoms with Crippen molar-refractivity contribution in [3.63, 3.8) is 0 Å². The van der Waals surface area contributed by atoms with Crippen LogP contribution in [-0.4, -0.2) is 38.5 Å². The minimum atomic E-state index is -3.42. The average Bonchev–Trinajstić information content (AvgIpc) is 2.44. The molecule has 0 radical (unpaired) electrons. The van der Waals surface area contributed by atoms with E-state index in [1.54, 1.807) is 24.3 Å². The van der Waals surface area contributed by atoms with Crippen molar-refractivity contribution in [3.05, 3.63) is 24.3 Å². The van der Waals surface area contributed by atoms with Gasteiger partial charge in [0.15, 0.2) is 0 Å². The number of nitrogen functional groups attached to an aromatic ring is 1. The Balaban J connectivity index is 1.79. The molecular formula is C14H23N3O3S. The number of rotatable bonds is 6. The molecule has 1 aliphatic rings. The standard InChI is InChI=1S/C14H23N3O3S/c1-12-5-2-3-9-17(12)21(18,19)16-8-10-20-14-7-4-6-13(15)11-14/h4,6-7,11-12,16H,2-3,5,8-10,15H2,1H3. The summed E-state index contributed by atoms with van der Waals surface area (Å²) in [7, 11) is -3.42. The molecule has 0 amide bonds. The molecule has 0 aliphatic carbocycles. The van der Waals surface area contributed by atoms with Crippen molar-refractivity contribution in [1.82, 2.24) is 9.03 Å². The molecule has 2 rings (SSSR count). The van der Waals surface area contributed by atoms with Gasteiger partial charge < -0.3 is 10.5 Å². The maximum Gasteiger partial charge on any atom is 0.279 e. The Morgan fingerprint density at radius 3 is 2.95 bits per heavy atom. The number of nitrogens with two attached hydrogens (primary N) is 1. The zero-order valence-corrected chi connectivity index (χ0v) is 13.1. The predicted octanol–water partition coefficient (Wildman–Crippen LogP) is 1.36. The van der Waals surface area contributed by atoms with E-state index in [4.69, 9.17) is 10.5 Å². The zero-order chi connectivity index (χ0) is 15.3. The highest BCUT2D eigenvalue weighted by atomic mass is 32.2. The van der Waals surface area contributed by atoms with Crippen molar-refractivity contribution < 1.29 is 13.2 Å². The van der Waals surface area contributed by atoms with Gasteiger partial charge in [-0.05, 0) is 31.9 Å². The second-order valence-corrected chi connectivity index (χ2v) is 6.98. The first kappa shape index (κ1) is 16.1. The van der Waals surface area contributed by atoms with Crippen LogP contribution < -0.4 is 15.2 Å². The first-order valence-electron chi connectivity index (χ1n) is 7.24. The molecule has 1 heterocycles. The number of anilines is 1. The molecule has 3 N–H and O–H groups in total. The van der Waals surface area contributed by atoms with Gasteiger partial charge in [0.25, 0.3) is 10.2 Å². The van der Waals surface area contributed by atoms with E-state index in [1.807, 2.05) is 6.92 Å². The monoisotopic (exact) mass is 313 g/mol. The molecule has 1 aromatic rings. The Morgan fingerprint density at radius 2 is 2.24 bits per heavy atom. The second-order valence-electron chi connectivity index (χ2n) is 5.28. The molecule has 6 nitrogen and oxygen atoms in total. The molecule has 118 valence electrons. The van der Waals surface area contributed by atoms with Gasteiger partial charge >= 0.3 is 0 Å². The van der Waals surface area contributed by atoms with Crippen molar-refractivity contribution in [2.24, 2.45) is 0 Å². The predicted molar refractivity (Wildman–Crippen MR) is 83.3 cm³/mol. The Bertz CT molecular complexity index is 562. The third-order valence-corrected chi connectivity index (χ3v) is 5.29. The van der Waals surface area contributed by atoms with Crippen LogP contribution in [0, 0.1) is 0 Å². The lowest BCUT2D eigenvalue weighted by atomic mass is 10.1. The van der Waals surface area contributed by atoms with Crippen molar-refractivity contribution in [2.75, 3.05) is 25.4 Å². The number of hydrogen-bond acceptors (Lipinski definition) is 4. The zero-order valence-electron chi connectivity index (χ0n) is 12.3. The van der Waals surface area contributed by atoms with E-state index in [0.717, 1.165) is 19.3 Å². The van der Waals surface area contributed by atoms with Gasteiger partial charge in [-0.15, -0.1) is 0 Å². The third-order valence-electron chi connectivity index (χ3n) is 3.56. The van der Waals surface area contributed by atoms with E-state index in [9.17, 15) is 8.42 Å². The van der Waals surface area contributed by atoms with E-state index >= 15 is 0 Å². The number of piperidine rings is 1. The van der Waals surface area contributed by atoms with Crippen LogP contribution in [0.25, 0.3) is 0 Å². The normalized spacial score (nSPS) is 20.3. The molecule has 0 spiro atoms. The van der Waals surface area contributed by atoms with Crippen LogP contribution in [0.4, 0.5) is 5.69 Å². The fourth-order valence-electron chi connectivity index (χ4n) is 2.46. The van der Waals surface area contributed by atoms with Gasteiger partial charge in [-0.2, -0.15) is 17.4 Å². The number of nitrogens with zero attached hydrogens (tertiary/aromatic N) is 1. The summed E-state index contributed by atoms with van der Waals surface area (Å²) in [5.41, 5.74) is 6.27. The minimum absolute atomic E-state index is 0.0612. The third kappa shape index (κ3) is 4.59. The molecule has 21 heavy (non-hydrogen) atoms. The highest BCUT2D eigenvalue weighted by molar-refractivity contribution is 7.87. The first-order valence-corrected chi connectivity index (χ1v) is 8.68. The lowest BCUT2D eigenvalue weighted by Gasteiger charge is -2.32. The van der Waals surface area contributed by atoms with Gasteiger partial charge in [0, 0.05) is 30.9 Å². The van der Waals surface area contributed by atoms with E-state index < -0.39 is 10.2 Å². The molecular weight excluding hydrogens is 290 g/mol. The van der Waals surface area contributed by atoms with Crippen molar-refractivity contribution in [3.8, 4) is 5.75 Å². The lowest BCUT2D eigenvalue weighted by molar-refractivity contribution is 0.262. The molecule has 1 atom stereocenters. The van der Waals surface area contributed by atoms with Gasteiger partial charge in [0.05, 0.1) is 0 Å². The van der Waals surface area contributed by atoms with Crippen LogP contribution in [-0.2, 0) is 10.2 Å². The fraction of sp³-hybridized carbons (Fsp3) is 0.571. The van der Waals surface area contributed by atoms with Gasteiger partial charge in [0.2, 0.25) is 0 Å². The van der Waals surface area contributed by atoms with Gasteiger partial charge in [-0.1, -0.05) is 12.5 Å². The molecule has 0 saturated carbocycles. The number of ether oxygens (including phenoxy) is 1. The Labute approximate surface area is 126 Å². The van der Waals surface area contributed by atoms with E-state index in [-0.39, 0.29) is 19.2 Å². The van der Waals surface area contributed by atoms with E-state index in [0.29, 0.717) is 18.0 Å². The molecule has 1 saturated heterocycles. The molecule has 1 aromatic carbocycles. The quantitative estimate of drug-likeness (QED) is 0.613. The number of nitrogens with one attached hydrogen (secondary N) is 1. The van der Waals surface area contributed by atoms with Crippen LogP contribution in [0.15, 0.2) is 24.3 Å². The summed E-state index contributed by atoms with van der Waals surface area (Å²) in [4.78, 5) is 0. The summed E-state index contributed by atoms with van der Waals surface area (Å²) >= 11 is 0. The van der Waals surface area contributed by atoms with Crippen LogP contribution in [0.3, 0.4) is 0 Å².